The number of aromatic amines is 1. The summed E-state index contributed by atoms with van der Waals surface area (Å²) in [6.45, 7) is 2.06. The number of anilines is 1. The van der Waals surface area contributed by atoms with Gasteiger partial charge in [0, 0.05) is 23.3 Å². The molecule has 0 saturated carbocycles. The molecule has 0 spiro atoms. The van der Waals surface area contributed by atoms with E-state index in [1.54, 1.807) is 30.7 Å². The van der Waals surface area contributed by atoms with Crippen LogP contribution >= 0.6 is 0 Å². The third-order valence-corrected chi connectivity index (χ3v) is 3.36. The molecule has 0 aliphatic carbocycles. The van der Waals surface area contributed by atoms with Crippen molar-refractivity contribution in [1.82, 2.24) is 19.7 Å². The first kappa shape index (κ1) is 13.2. The Bertz CT molecular complexity index is 761. The molecule has 0 radical (unpaired) electrons. The topological polar surface area (TPSA) is 102 Å². The number of aromatic nitrogens is 4. The number of benzene rings is 1. The van der Waals surface area contributed by atoms with Crippen LogP contribution in [0.1, 0.15) is 29.9 Å². The second kappa shape index (κ2) is 5.28. The van der Waals surface area contributed by atoms with Crippen molar-refractivity contribution in [2.24, 2.45) is 5.73 Å². The summed E-state index contributed by atoms with van der Waals surface area (Å²) < 4.78 is 1.88. The first-order chi connectivity index (χ1) is 10.2. The standard InChI is InChI=1S/C14H16N6O/c1-2-12(19-14-16-5-6-17-14)20-11-4-3-9(13(15)21)7-10(11)8-18-20/h3-8,12H,2H2,1H3,(H2,15,21)(H2,16,17,19). The fourth-order valence-electron chi connectivity index (χ4n) is 2.29. The molecule has 1 unspecified atom stereocenters. The highest BCUT2D eigenvalue weighted by Crippen LogP contribution is 2.21. The van der Waals surface area contributed by atoms with Crippen LogP contribution in [0.5, 0.6) is 0 Å². The van der Waals surface area contributed by atoms with Crippen LogP contribution in [-0.4, -0.2) is 25.7 Å². The van der Waals surface area contributed by atoms with Gasteiger partial charge in [-0.25, -0.2) is 9.67 Å². The SMILES string of the molecule is CCC(Nc1ncc[nH]1)n1ncc2cc(C(N)=O)ccc21. The Labute approximate surface area is 121 Å². The summed E-state index contributed by atoms with van der Waals surface area (Å²) in [4.78, 5) is 18.4. The summed E-state index contributed by atoms with van der Waals surface area (Å²) in [7, 11) is 0. The van der Waals surface area contributed by atoms with Gasteiger partial charge >= 0.3 is 0 Å². The van der Waals surface area contributed by atoms with E-state index in [9.17, 15) is 4.79 Å². The number of imidazole rings is 1. The average Bonchev–Trinajstić information content (AvgIpc) is 3.13. The van der Waals surface area contributed by atoms with Crippen molar-refractivity contribution >= 4 is 22.8 Å². The number of hydrogen-bond donors (Lipinski definition) is 3. The van der Waals surface area contributed by atoms with Crippen LogP contribution in [0, 0.1) is 0 Å². The van der Waals surface area contributed by atoms with Gasteiger partial charge in [0.2, 0.25) is 11.9 Å². The minimum atomic E-state index is -0.439. The summed E-state index contributed by atoms with van der Waals surface area (Å²) >= 11 is 0. The van der Waals surface area contributed by atoms with E-state index in [0.29, 0.717) is 11.5 Å². The third kappa shape index (κ3) is 2.45. The van der Waals surface area contributed by atoms with Gasteiger partial charge in [0.05, 0.1) is 11.7 Å². The molecule has 3 rings (SSSR count). The Balaban J connectivity index is 1.97. The van der Waals surface area contributed by atoms with Crippen LogP contribution in [0.25, 0.3) is 10.9 Å². The van der Waals surface area contributed by atoms with Gasteiger partial charge in [-0.05, 0) is 24.6 Å². The van der Waals surface area contributed by atoms with Gasteiger partial charge in [-0.1, -0.05) is 6.92 Å². The van der Waals surface area contributed by atoms with Crippen molar-refractivity contribution in [1.29, 1.82) is 0 Å². The fourth-order valence-corrected chi connectivity index (χ4v) is 2.29. The van der Waals surface area contributed by atoms with Crippen molar-refractivity contribution in [3.8, 4) is 0 Å². The smallest absolute Gasteiger partial charge is 0.248 e. The number of primary amides is 1. The lowest BCUT2D eigenvalue weighted by molar-refractivity contribution is 0.100. The number of fused-ring (bicyclic) bond motifs is 1. The predicted molar refractivity (Wildman–Crippen MR) is 79.8 cm³/mol. The largest absolute Gasteiger partial charge is 0.366 e. The van der Waals surface area contributed by atoms with Crippen LogP contribution in [0.3, 0.4) is 0 Å². The van der Waals surface area contributed by atoms with Crippen LogP contribution < -0.4 is 11.1 Å². The third-order valence-electron chi connectivity index (χ3n) is 3.36. The summed E-state index contributed by atoms with van der Waals surface area (Å²) in [5.41, 5.74) is 6.71. The van der Waals surface area contributed by atoms with Crippen LogP contribution in [0.15, 0.2) is 36.8 Å². The van der Waals surface area contributed by atoms with E-state index in [0.717, 1.165) is 17.3 Å². The molecule has 1 aromatic carbocycles. The zero-order chi connectivity index (χ0) is 14.8. The molecule has 108 valence electrons. The quantitative estimate of drug-likeness (QED) is 0.665. The molecule has 3 aromatic rings. The predicted octanol–water partition coefficient (Wildman–Crippen LogP) is 1.88. The normalized spacial score (nSPS) is 12.4. The van der Waals surface area contributed by atoms with E-state index in [4.69, 9.17) is 5.73 Å². The van der Waals surface area contributed by atoms with Crippen molar-refractivity contribution < 1.29 is 4.79 Å². The molecule has 7 heteroatoms. The molecule has 0 aliphatic heterocycles. The molecule has 0 saturated heterocycles. The van der Waals surface area contributed by atoms with E-state index >= 15 is 0 Å². The molecule has 4 N–H and O–H groups in total. The molecule has 1 atom stereocenters. The van der Waals surface area contributed by atoms with Crippen molar-refractivity contribution in [2.75, 3.05) is 5.32 Å². The second-order valence-electron chi connectivity index (χ2n) is 4.73. The zero-order valence-corrected chi connectivity index (χ0v) is 11.6. The first-order valence-electron chi connectivity index (χ1n) is 6.72. The minimum absolute atomic E-state index is 0.0342. The Morgan fingerprint density at radius 3 is 3.05 bits per heavy atom. The molecule has 7 nitrogen and oxygen atoms in total. The van der Waals surface area contributed by atoms with Crippen molar-refractivity contribution in [3.63, 3.8) is 0 Å². The summed E-state index contributed by atoms with van der Waals surface area (Å²) in [6, 6.07) is 5.32. The van der Waals surface area contributed by atoms with Crippen LogP contribution in [0.4, 0.5) is 5.95 Å². The second-order valence-corrected chi connectivity index (χ2v) is 4.73. The molecule has 2 aromatic heterocycles. The summed E-state index contributed by atoms with van der Waals surface area (Å²) in [5.74, 6) is 0.254. The van der Waals surface area contributed by atoms with Gasteiger partial charge in [0.1, 0.15) is 6.17 Å². The maximum atomic E-state index is 11.2. The molecule has 1 amide bonds. The van der Waals surface area contributed by atoms with Gasteiger partial charge in [0.25, 0.3) is 0 Å². The number of nitrogens with zero attached hydrogens (tertiary/aromatic N) is 3. The maximum Gasteiger partial charge on any atom is 0.248 e. The van der Waals surface area contributed by atoms with Crippen LogP contribution in [0.2, 0.25) is 0 Å². The lowest BCUT2D eigenvalue weighted by Crippen LogP contribution is -2.19. The Morgan fingerprint density at radius 2 is 2.38 bits per heavy atom. The maximum absolute atomic E-state index is 11.2. The molecule has 0 aliphatic rings. The Kier molecular flexibility index (Phi) is 3.31. The van der Waals surface area contributed by atoms with E-state index < -0.39 is 5.91 Å². The van der Waals surface area contributed by atoms with E-state index in [-0.39, 0.29) is 6.17 Å². The molecule has 2 heterocycles. The number of carbonyl (C=O) groups is 1. The number of nitrogens with two attached hydrogens (primary N) is 1. The number of rotatable bonds is 5. The number of carbonyl (C=O) groups excluding carboxylic acids is 1. The minimum Gasteiger partial charge on any atom is -0.366 e. The van der Waals surface area contributed by atoms with Gasteiger partial charge < -0.3 is 16.0 Å². The Morgan fingerprint density at radius 1 is 1.52 bits per heavy atom. The highest BCUT2D eigenvalue weighted by atomic mass is 16.1. The molecule has 21 heavy (non-hydrogen) atoms. The van der Waals surface area contributed by atoms with E-state index in [1.807, 2.05) is 10.7 Å². The van der Waals surface area contributed by atoms with E-state index in [2.05, 4.69) is 27.3 Å². The van der Waals surface area contributed by atoms with Crippen molar-refractivity contribution in [2.45, 2.75) is 19.5 Å². The molecular formula is C14H16N6O. The highest BCUT2D eigenvalue weighted by Gasteiger charge is 2.14. The van der Waals surface area contributed by atoms with Gasteiger partial charge in [-0.2, -0.15) is 5.10 Å². The summed E-state index contributed by atoms with van der Waals surface area (Å²) in [5, 5.41) is 8.57. The molecule has 0 bridgehead atoms. The van der Waals surface area contributed by atoms with E-state index in [1.165, 1.54) is 0 Å². The van der Waals surface area contributed by atoms with Gasteiger partial charge in [-0.15, -0.1) is 0 Å². The number of hydrogen-bond acceptors (Lipinski definition) is 4. The summed E-state index contributed by atoms with van der Waals surface area (Å²) in [6.07, 6.45) is 5.97. The van der Waals surface area contributed by atoms with Crippen LogP contribution in [-0.2, 0) is 0 Å². The highest BCUT2D eigenvalue weighted by molar-refractivity contribution is 5.96. The molecule has 0 fully saturated rings. The first-order valence-corrected chi connectivity index (χ1v) is 6.72. The number of nitrogens with one attached hydrogen (secondary N) is 2. The lowest BCUT2D eigenvalue weighted by Gasteiger charge is -2.18. The van der Waals surface area contributed by atoms with Crippen molar-refractivity contribution in [3.05, 3.63) is 42.4 Å². The molecular weight excluding hydrogens is 268 g/mol. The lowest BCUT2D eigenvalue weighted by atomic mass is 10.1. The Hall–Kier alpha value is -2.83. The fraction of sp³-hybridized carbons (Fsp3) is 0.214. The average molecular weight is 284 g/mol. The number of H-pyrrole nitrogens is 1. The number of amides is 1. The van der Waals surface area contributed by atoms with Gasteiger partial charge in [0.15, 0.2) is 0 Å². The monoisotopic (exact) mass is 284 g/mol. The van der Waals surface area contributed by atoms with Gasteiger partial charge in [-0.3, -0.25) is 4.79 Å². The zero-order valence-electron chi connectivity index (χ0n) is 11.6.